The predicted molar refractivity (Wildman–Crippen MR) is 80.8 cm³/mol. The molecule has 3 heterocycles. The molecule has 6 heteroatoms. The van der Waals surface area contributed by atoms with Gasteiger partial charge in [-0.25, -0.2) is 9.97 Å². The van der Waals surface area contributed by atoms with Gasteiger partial charge in [0.05, 0.1) is 23.8 Å². The van der Waals surface area contributed by atoms with Gasteiger partial charge in [-0.3, -0.25) is 0 Å². The van der Waals surface area contributed by atoms with E-state index >= 15 is 0 Å². The molecule has 0 amide bonds. The summed E-state index contributed by atoms with van der Waals surface area (Å²) >= 11 is 1.81. The van der Waals surface area contributed by atoms with Crippen molar-refractivity contribution in [3.8, 4) is 0 Å². The minimum absolute atomic E-state index is 0.308. The van der Waals surface area contributed by atoms with Crippen molar-refractivity contribution in [2.24, 2.45) is 0 Å². The largest absolute Gasteiger partial charge is 0.347 e. The zero-order chi connectivity index (χ0) is 13.9. The van der Waals surface area contributed by atoms with E-state index in [0.29, 0.717) is 12.1 Å². The molecule has 1 aliphatic heterocycles. The number of imidazole rings is 1. The van der Waals surface area contributed by atoms with Crippen LogP contribution in [0.5, 0.6) is 0 Å². The summed E-state index contributed by atoms with van der Waals surface area (Å²) in [6.45, 7) is 6.17. The van der Waals surface area contributed by atoms with E-state index in [2.05, 4.69) is 39.4 Å². The third-order valence-electron chi connectivity index (χ3n) is 3.78. The number of hydrogen-bond acceptors (Lipinski definition) is 5. The fourth-order valence-corrected chi connectivity index (χ4v) is 3.35. The van der Waals surface area contributed by atoms with Crippen LogP contribution in [0.25, 0.3) is 0 Å². The van der Waals surface area contributed by atoms with E-state index in [1.54, 1.807) is 17.7 Å². The van der Waals surface area contributed by atoms with E-state index < -0.39 is 0 Å². The Balaban J connectivity index is 1.52. The number of thiazole rings is 1. The fraction of sp³-hybridized carbons (Fsp3) is 0.571. The van der Waals surface area contributed by atoms with Crippen LogP contribution in [-0.4, -0.2) is 27.5 Å². The standard InChI is InChI=1S/C14H21N5S/c1-3-11-6-17-14(20-11)9(2)15-5-10-4-12-13(7-16-10)19-8-18-12/h6,8-10,15-16H,3-5,7H2,1-2H3,(H,18,19). The Bertz CT molecular complexity index is 561. The lowest BCUT2D eigenvalue weighted by atomic mass is 10.1. The third kappa shape index (κ3) is 2.92. The summed E-state index contributed by atoms with van der Waals surface area (Å²) in [6.07, 6.45) is 5.83. The van der Waals surface area contributed by atoms with E-state index in [1.807, 2.05) is 6.20 Å². The van der Waals surface area contributed by atoms with Crippen molar-refractivity contribution >= 4 is 11.3 Å². The Kier molecular flexibility index (Phi) is 4.14. The van der Waals surface area contributed by atoms with Gasteiger partial charge in [-0.2, -0.15) is 0 Å². The maximum Gasteiger partial charge on any atom is 0.109 e. The molecule has 0 radical (unpaired) electrons. The first-order valence-electron chi connectivity index (χ1n) is 7.18. The fourth-order valence-electron chi connectivity index (χ4n) is 2.47. The average Bonchev–Trinajstić information content (AvgIpc) is 3.12. The van der Waals surface area contributed by atoms with E-state index in [1.165, 1.54) is 21.3 Å². The predicted octanol–water partition coefficient (Wildman–Crippen LogP) is 1.79. The van der Waals surface area contributed by atoms with Crippen LogP contribution in [0.2, 0.25) is 0 Å². The Morgan fingerprint density at radius 2 is 2.40 bits per heavy atom. The summed E-state index contributed by atoms with van der Waals surface area (Å²) in [5.41, 5.74) is 2.42. The van der Waals surface area contributed by atoms with Crippen LogP contribution in [0.4, 0.5) is 0 Å². The number of rotatable bonds is 5. The SMILES string of the molecule is CCc1cnc(C(C)NCC2Cc3nc[nH]c3CN2)s1. The number of aryl methyl sites for hydroxylation is 1. The van der Waals surface area contributed by atoms with Crippen molar-refractivity contribution in [1.29, 1.82) is 0 Å². The van der Waals surface area contributed by atoms with Gasteiger partial charge in [0, 0.05) is 36.6 Å². The summed E-state index contributed by atoms with van der Waals surface area (Å²) < 4.78 is 0. The number of fused-ring (bicyclic) bond motifs is 1. The van der Waals surface area contributed by atoms with Crippen LogP contribution < -0.4 is 10.6 Å². The first-order valence-corrected chi connectivity index (χ1v) is 8.00. The number of H-pyrrole nitrogens is 1. The van der Waals surface area contributed by atoms with Gasteiger partial charge in [0.25, 0.3) is 0 Å². The molecule has 0 saturated heterocycles. The first kappa shape index (κ1) is 13.7. The topological polar surface area (TPSA) is 65.6 Å². The van der Waals surface area contributed by atoms with Gasteiger partial charge in [0.15, 0.2) is 0 Å². The van der Waals surface area contributed by atoms with Crippen molar-refractivity contribution in [2.45, 2.75) is 45.3 Å². The number of nitrogens with zero attached hydrogens (tertiary/aromatic N) is 2. The molecule has 2 unspecified atom stereocenters. The molecule has 108 valence electrons. The van der Waals surface area contributed by atoms with Gasteiger partial charge in [-0.15, -0.1) is 11.3 Å². The average molecular weight is 291 g/mol. The Morgan fingerprint density at radius 1 is 1.50 bits per heavy atom. The molecule has 2 aromatic rings. The van der Waals surface area contributed by atoms with E-state index in [-0.39, 0.29) is 0 Å². The van der Waals surface area contributed by atoms with Crippen molar-refractivity contribution in [3.63, 3.8) is 0 Å². The summed E-state index contributed by atoms with van der Waals surface area (Å²) in [4.78, 5) is 13.4. The lowest BCUT2D eigenvalue weighted by Crippen LogP contribution is -2.43. The highest BCUT2D eigenvalue weighted by Crippen LogP contribution is 2.20. The highest BCUT2D eigenvalue weighted by Gasteiger charge is 2.20. The second kappa shape index (κ2) is 6.03. The molecule has 2 aromatic heterocycles. The van der Waals surface area contributed by atoms with Crippen LogP contribution in [0, 0.1) is 0 Å². The van der Waals surface area contributed by atoms with Gasteiger partial charge in [-0.05, 0) is 13.3 Å². The van der Waals surface area contributed by atoms with Crippen LogP contribution in [0.3, 0.4) is 0 Å². The van der Waals surface area contributed by atoms with Gasteiger partial charge < -0.3 is 15.6 Å². The molecule has 20 heavy (non-hydrogen) atoms. The Labute approximate surface area is 123 Å². The lowest BCUT2D eigenvalue weighted by molar-refractivity contribution is 0.420. The minimum Gasteiger partial charge on any atom is -0.347 e. The smallest absolute Gasteiger partial charge is 0.109 e. The van der Waals surface area contributed by atoms with Crippen molar-refractivity contribution in [1.82, 2.24) is 25.6 Å². The molecule has 0 aliphatic carbocycles. The van der Waals surface area contributed by atoms with E-state index in [9.17, 15) is 0 Å². The van der Waals surface area contributed by atoms with Crippen molar-refractivity contribution in [3.05, 3.63) is 33.8 Å². The maximum atomic E-state index is 4.50. The van der Waals surface area contributed by atoms with E-state index in [4.69, 9.17) is 0 Å². The molecule has 0 spiro atoms. The van der Waals surface area contributed by atoms with Crippen molar-refractivity contribution < 1.29 is 0 Å². The Hall–Kier alpha value is -1.24. The summed E-state index contributed by atoms with van der Waals surface area (Å²) in [6, 6.07) is 0.751. The first-order chi connectivity index (χ1) is 9.76. The molecule has 3 rings (SSSR count). The molecular formula is C14H21N5S. The Morgan fingerprint density at radius 3 is 3.20 bits per heavy atom. The summed E-state index contributed by atoms with van der Waals surface area (Å²) in [5.74, 6) is 0. The molecule has 0 bridgehead atoms. The lowest BCUT2D eigenvalue weighted by Gasteiger charge is -2.24. The van der Waals surface area contributed by atoms with Crippen LogP contribution in [-0.2, 0) is 19.4 Å². The zero-order valence-corrected chi connectivity index (χ0v) is 12.8. The van der Waals surface area contributed by atoms with Gasteiger partial charge in [0.2, 0.25) is 0 Å². The highest BCUT2D eigenvalue weighted by atomic mass is 32.1. The number of hydrogen-bond donors (Lipinski definition) is 3. The van der Waals surface area contributed by atoms with Gasteiger partial charge in [0.1, 0.15) is 5.01 Å². The molecule has 2 atom stereocenters. The van der Waals surface area contributed by atoms with Crippen LogP contribution >= 0.6 is 11.3 Å². The van der Waals surface area contributed by atoms with Crippen LogP contribution in [0.15, 0.2) is 12.5 Å². The number of aromatic amines is 1. The molecule has 3 N–H and O–H groups in total. The second-order valence-corrected chi connectivity index (χ2v) is 6.40. The molecule has 5 nitrogen and oxygen atoms in total. The molecule has 0 fully saturated rings. The molecule has 1 aliphatic rings. The minimum atomic E-state index is 0.308. The molecule has 0 saturated carbocycles. The summed E-state index contributed by atoms with van der Waals surface area (Å²) in [7, 11) is 0. The highest BCUT2D eigenvalue weighted by molar-refractivity contribution is 7.11. The van der Waals surface area contributed by atoms with E-state index in [0.717, 1.165) is 25.9 Å². The zero-order valence-electron chi connectivity index (χ0n) is 11.9. The monoisotopic (exact) mass is 291 g/mol. The van der Waals surface area contributed by atoms with Gasteiger partial charge in [-0.1, -0.05) is 6.92 Å². The summed E-state index contributed by atoms with van der Waals surface area (Å²) in [5, 5.41) is 8.29. The number of nitrogens with one attached hydrogen (secondary N) is 3. The third-order valence-corrected chi connectivity index (χ3v) is 5.10. The van der Waals surface area contributed by atoms with Crippen molar-refractivity contribution in [2.75, 3.05) is 6.54 Å². The van der Waals surface area contributed by atoms with Crippen LogP contribution in [0.1, 0.15) is 41.2 Å². The normalized spacial score (nSPS) is 19.8. The number of aromatic nitrogens is 3. The second-order valence-electron chi connectivity index (χ2n) is 5.26. The molecular weight excluding hydrogens is 270 g/mol. The quantitative estimate of drug-likeness (QED) is 0.786. The van der Waals surface area contributed by atoms with Gasteiger partial charge >= 0.3 is 0 Å². The maximum absolute atomic E-state index is 4.50. The molecule has 0 aromatic carbocycles.